The fraction of sp³-hybridized carbons (Fsp3) is 0.297. The second-order valence-electron chi connectivity index (χ2n) is 13.1. The van der Waals surface area contributed by atoms with Crippen molar-refractivity contribution in [3.05, 3.63) is 95.3 Å². The highest BCUT2D eigenvalue weighted by molar-refractivity contribution is 6.34. The Kier molecular flexibility index (Phi) is 10.4. The molecule has 3 heterocycles. The van der Waals surface area contributed by atoms with Crippen molar-refractivity contribution in [1.82, 2.24) is 20.1 Å². The van der Waals surface area contributed by atoms with Gasteiger partial charge in [0.05, 0.1) is 34.1 Å². The van der Waals surface area contributed by atoms with Crippen molar-refractivity contribution in [1.29, 1.82) is 0 Å². The summed E-state index contributed by atoms with van der Waals surface area (Å²) >= 11 is 6.52. The van der Waals surface area contributed by atoms with E-state index in [1.807, 2.05) is 26.8 Å². The maximum atomic E-state index is 12.6. The number of primary amides is 1. The molecule has 1 aliphatic rings. The van der Waals surface area contributed by atoms with Crippen LogP contribution in [0.3, 0.4) is 0 Å². The number of anilines is 3. The predicted octanol–water partition coefficient (Wildman–Crippen LogP) is 7.04. The highest BCUT2D eigenvalue weighted by atomic mass is 35.5. The Labute approximate surface area is 295 Å². The van der Waals surface area contributed by atoms with E-state index in [9.17, 15) is 9.59 Å². The highest BCUT2D eigenvalue weighted by Crippen LogP contribution is 2.35. The number of ether oxygens (including phenoxy) is 2. The number of urea groups is 1. The first-order chi connectivity index (χ1) is 24.0. The molecule has 6 rings (SSSR count). The Morgan fingerprint density at radius 2 is 1.74 bits per heavy atom. The SMILES string of the molecule is CC(C)(C)c1cc(NC(=O)Nc2ccc(Oc3ccnc4cc(OCCCN5CCN(c6ccccc6)CC5)c(C(N)=O)cc34)cc2Cl)[nH]n1. The predicted molar refractivity (Wildman–Crippen MR) is 197 cm³/mol. The Bertz CT molecular complexity index is 1970. The van der Waals surface area contributed by atoms with Gasteiger partial charge in [0, 0.05) is 73.6 Å². The van der Waals surface area contributed by atoms with Crippen LogP contribution in [-0.4, -0.2) is 71.4 Å². The summed E-state index contributed by atoms with van der Waals surface area (Å²) in [6.45, 7) is 11.3. The fourth-order valence-electron chi connectivity index (χ4n) is 5.72. The maximum absolute atomic E-state index is 12.6. The zero-order chi connectivity index (χ0) is 35.3. The van der Waals surface area contributed by atoms with Gasteiger partial charge in [-0.05, 0) is 42.8 Å². The van der Waals surface area contributed by atoms with Gasteiger partial charge < -0.3 is 25.4 Å². The van der Waals surface area contributed by atoms with E-state index in [2.05, 4.69) is 59.9 Å². The third-order valence-electron chi connectivity index (χ3n) is 8.45. The summed E-state index contributed by atoms with van der Waals surface area (Å²) in [5, 5.41) is 13.4. The number of nitrogens with two attached hydrogens (primary N) is 1. The lowest BCUT2D eigenvalue weighted by molar-refractivity contribution is 0.0996. The Balaban J connectivity index is 1.06. The van der Waals surface area contributed by atoms with Gasteiger partial charge in [-0.3, -0.25) is 25.1 Å². The number of benzene rings is 3. The van der Waals surface area contributed by atoms with E-state index in [0.717, 1.165) is 44.8 Å². The molecule has 0 radical (unpaired) electrons. The lowest BCUT2D eigenvalue weighted by Crippen LogP contribution is -2.46. The Hall–Kier alpha value is -5.33. The summed E-state index contributed by atoms with van der Waals surface area (Å²) in [4.78, 5) is 34.4. The summed E-state index contributed by atoms with van der Waals surface area (Å²) in [5.41, 5.74) is 8.90. The average molecular weight is 697 g/mol. The zero-order valence-corrected chi connectivity index (χ0v) is 29.1. The van der Waals surface area contributed by atoms with E-state index >= 15 is 0 Å². The number of carbonyl (C=O) groups excluding carboxylic acids is 2. The molecular formula is C37H41ClN8O4. The number of nitrogens with one attached hydrogen (secondary N) is 3. The molecule has 5 N–H and O–H groups in total. The zero-order valence-electron chi connectivity index (χ0n) is 28.3. The van der Waals surface area contributed by atoms with Crippen molar-refractivity contribution in [3.63, 3.8) is 0 Å². The minimum Gasteiger partial charge on any atom is -0.493 e. The van der Waals surface area contributed by atoms with Gasteiger partial charge in [0.2, 0.25) is 0 Å². The van der Waals surface area contributed by atoms with Crippen LogP contribution in [0.2, 0.25) is 5.02 Å². The van der Waals surface area contributed by atoms with Crippen LogP contribution in [0, 0.1) is 0 Å². The number of hydrogen-bond donors (Lipinski definition) is 4. The number of nitrogens with zero attached hydrogens (tertiary/aromatic N) is 4. The quantitative estimate of drug-likeness (QED) is 0.107. The van der Waals surface area contributed by atoms with Crippen LogP contribution < -0.4 is 30.7 Å². The van der Waals surface area contributed by atoms with Gasteiger partial charge in [0.1, 0.15) is 23.1 Å². The number of pyridine rings is 1. The number of aromatic nitrogens is 3. The lowest BCUT2D eigenvalue weighted by atomic mass is 9.92. The smallest absolute Gasteiger partial charge is 0.324 e. The number of halogens is 1. The van der Waals surface area contributed by atoms with Gasteiger partial charge in [-0.25, -0.2) is 4.79 Å². The Morgan fingerprint density at radius 1 is 0.960 bits per heavy atom. The van der Waals surface area contributed by atoms with Crippen LogP contribution in [-0.2, 0) is 5.41 Å². The molecule has 0 unspecified atom stereocenters. The molecular weight excluding hydrogens is 656 g/mol. The van der Waals surface area contributed by atoms with Crippen LogP contribution in [0.15, 0.2) is 79.0 Å². The van der Waals surface area contributed by atoms with Crippen molar-refractivity contribution in [2.24, 2.45) is 5.73 Å². The second-order valence-corrected chi connectivity index (χ2v) is 13.6. The maximum Gasteiger partial charge on any atom is 0.324 e. The molecule has 5 aromatic rings. The summed E-state index contributed by atoms with van der Waals surface area (Å²) < 4.78 is 12.2. The van der Waals surface area contributed by atoms with E-state index in [4.69, 9.17) is 26.8 Å². The summed E-state index contributed by atoms with van der Waals surface area (Å²) in [7, 11) is 0. The van der Waals surface area contributed by atoms with Gasteiger partial charge in [-0.1, -0.05) is 50.6 Å². The van der Waals surface area contributed by atoms with E-state index in [-0.39, 0.29) is 16.0 Å². The van der Waals surface area contributed by atoms with Crippen LogP contribution in [0.25, 0.3) is 10.9 Å². The third-order valence-corrected chi connectivity index (χ3v) is 8.76. The summed E-state index contributed by atoms with van der Waals surface area (Å²) in [6.07, 6.45) is 2.41. The number of rotatable bonds is 11. The first-order valence-electron chi connectivity index (χ1n) is 16.5. The molecule has 0 saturated carbocycles. The molecule has 13 heteroatoms. The molecule has 3 aromatic carbocycles. The van der Waals surface area contributed by atoms with E-state index in [1.165, 1.54) is 5.69 Å². The van der Waals surface area contributed by atoms with Gasteiger partial charge in [0.25, 0.3) is 5.91 Å². The van der Waals surface area contributed by atoms with E-state index in [1.54, 1.807) is 48.7 Å². The van der Waals surface area contributed by atoms with Gasteiger partial charge >= 0.3 is 6.03 Å². The molecule has 2 aromatic heterocycles. The molecule has 1 saturated heterocycles. The van der Waals surface area contributed by atoms with E-state index < -0.39 is 11.9 Å². The van der Waals surface area contributed by atoms with Crippen molar-refractivity contribution in [2.75, 3.05) is 54.9 Å². The molecule has 1 fully saturated rings. The summed E-state index contributed by atoms with van der Waals surface area (Å²) in [6, 6.07) is 21.7. The van der Waals surface area contributed by atoms with Gasteiger partial charge in [-0.2, -0.15) is 5.10 Å². The minimum atomic E-state index is -0.616. The van der Waals surface area contributed by atoms with Crippen molar-refractivity contribution < 1.29 is 19.1 Å². The molecule has 0 aliphatic carbocycles. The largest absolute Gasteiger partial charge is 0.493 e. The molecule has 0 bridgehead atoms. The second kappa shape index (κ2) is 15.1. The van der Waals surface area contributed by atoms with Crippen LogP contribution in [0.1, 0.15) is 43.2 Å². The van der Waals surface area contributed by atoms with Crippen molar-refractivity contribution in [2.45, 2.75) is 32.6 Å². The number of carbonyl (C=O) groups is 2. The van der Waals surface area contributed by atoms with Crippen LogP contribution in [0.4, 0.5) is 22.0 Å². The van der Waals surface area contributed by atoms with Crippen LogP contribution in [0.5, 0.6) is 17.2 Å². The normalized spacial score (nSPS) is 13.6. The number of aromatic amines is 1. The number of amides is 3. The topological polar surface area (TPSA) is 151 Å². The summed E-state index contributed by atoms with van der Waals surface area (Å²) in [5.74, 6) is 1.09. The minimum absolute atomic E-state index is 0.163. The number of fused-ring (bicyclic) bond motifs is 1. The first-order valence-corrected chi connectivity index (χ1v) is 16.9. The standard InChI is InChI=1S/C37H41ClN8O4/c1-37(2,3)33-23-34(44-43-33)42-36(48)41-29-11-10-25(20-28(29)38)50-31-12-13-40-30-22-32(27(35(39)47)21-26(30)31)49-19-7-14-45-15-17-46(18-16-45)24-8-5-4-6-9-24/h4-6,8-13,20-23H,7,14-19H2,1-3H3,(H2,39,47)(H3,41,42,43,44,48). The molecule has 260 valence electrons. The molecule has 1 aliphatic heterocycles. The lowest BCUT2D eigenvalue weighted by Gasteiger charge is -2.36. The van der Waals surface area contributed by atoms with Crippen LogP contribution >= 0.6 is 11.6 Å². The average Bonchev–Trinajstić information content (AvgIpc) is 3.57. The molecule has 3 amide bonds. The number of piperazine rings is 1. The fourth-order valence-corrected chi connectivity index (χ4v) is 5.94. The highest BCUT2D eigenvalue weighted by Gasteiger charge is 2.20. The number of hydrogen-bond acceptors (Lipinski definition) is 8. The monoisotopic (exact) mass is 696 g/mol. The van der Waals surface area contributed by atoms with Gasteiger partial charge in [-0.15, -0.1) is 0 Å². The molecule has 0 atom stereocenters. The number of H-pyrrole nitrogens is 1. The Morgan fingerprint density at radius 3 is 2.44 bits per heavy atom. The van der Waals surface area contributed by atoms with Gasteiger partial charge in [0.15, 0.2) is 0 Å². The molecule has 50 heavy (non-hydrogen) atoms. The van der Waals surface area contributed by atoms with Crippen molar-refractivity contribution in [3.8, 4) is 17.2 Å². The molecule has 0 spiro atoms. The van der Waals surface area contributed by atoms with E-state index in [0.29, 0.717) is 46.3 Å². The number of para-hydroxylation sites is 1. The molecule has 12 nitrogen and oxygen atoms in total. The third kappa shape index (κ3) is 8.44. The first kappa shape index (κ1) is 34.5. The van der Waals surface area contributed by atoms with Crippen molar-refractivity contribution >= 4 is 51.6 Å².